The van der Waals surface area contributed by atoms with Crippen LogP contribution in [-0.2, 0) is 16.6 Å². The molecule has 0 bridgehead atoms. The third kappa shape index (κ3) is 3.51. The number of nitrogens with two attached hydrogens (primary N) is 1. The molecule has 1 atom stereocenters. The number of rotatable bonds is 6. The first-order chi connectivity index (χ1) is 8.51. The van der Waals surface area contributed by atoms with Gasteiger partial charge in [-0.2, -0.15) is 0 Å². The van der Waals surface area contributed by atoms with Gasteiger partial charge in [-0.15, -0.1) is 0 Å². The molecule has 0 saturated heterocycles. The van der Waals surface area contributed by atoms with Crippen LogP contribution in [0.3, 0.4) is 0 Å². The number of hydrogen-bond donors (Lipinski definition) is 2. The van der Waals surface area contributed by atoms with Gasteiger partial charge in [0.1, 0.15) is 4.90 Å². The molecule has 0 spiro atoms. The molecule has 1 aliphatic rings. The van der Waals surface area contributed by atoms with E-state index in [0.717, 1.165) is 6.42 Å². The third-order valence-corrected chi connectivity index (χ3v) is 4.63. The minimum atomic E-state index is -3.46. The molecule has 0 amide bonds. The highest BCUT2D eigenvalue weighted by atomic mass is 32.2. The monoisotopic (exact) mass is 269 g/mol. The van der Waals surface area contributed by atoms with Crippen molar-refractivity contribution in [2.24, 2.45) is 11.7 Å². The first-order valence-electron chi connectivity index (χ1n) is 6.18. The third-order valence-electron chi connectivity index (χ3n) is 3.06. The van der Waals surface area contributed by atoms with Crippen molar-refractivity contribution in [3.63, 3.8) is 0 Å². The maximum Gasteiger partial charge on any atom is 0.242 e. The second kappa shape index (κ2) is 5.34. The molecule has 1 aromatic heterocycles. The van der Waals surface area contributed by atoms with Gasteiger partial charge < -0.3 is 5.73 Å². The molecule has 1 saturated carbocycles. The number of nitrogens with zero attached hydrogens (tertiary/aromatic N) is 1. The van der Waals surface area contributed by atoms with E-state index in [-0.39, 0.29) is 10.9 Å². The molecule has 1 fully saturated rings. The lowest BCUT2D eigenvalue weighted by Crippen LogP contribution is -2.33. The molecule has 6 heteroatoms. The van der Waals surface area contributed by atoms with Crippen molar-refractivity contribution >= 4 is 10.0 Å². The largest absolute Gasteiger partial charge is 0.325 e. The predicted molar refractivity (Wildman–Crippen MR) is 69.3 cm³/mol. The molecular weight excluding hydrogens is 250 g/mol. The van der Waals surface area contributed by atoms with Crippen LogP contribution in [0.5, 0.6) is 0 Å². The van der Waals surface area contributed by atoms with E-state index in [0.29, 0.717) is 18.2 Å². The highest BCUT2D eigenvalue weighted by Gasteiger charge is 2.26. The zero-order valence-electron chi connectivity index (χ0n) is 10.5. The minimum absolute atomic E-state index is 0.0308. The van der Waals surface area contributed by atoms with Crippen molar-refractivity contribution in [3.05, 3.63) is 24.0 Å². The molecule has 100 valence electrons. The standard InChI is InChI=1S/C12H19N3O2S/c1-9(6-10-2-3-10)15-18(16,17)12-5-4-11(7-13)14-8-12/h4-5,8-10,15H,2-3,6-7,13H2,1H3. The lowest BCUT2D eigenvalue weighted by atomic mass is 10.2. The molecule has 1 aromatic rings. The Morgan fingerprint density at radius 3 is 2.72 bits per heavy atom. The van der Waals surface area contributed by atoms with E-state index < -0.39 is 10.0 Å². The average Bonchev–Trinajstić information content (AvgIpc) is 3.12. The van der Waals surface area contributed by atoms with Crippen LogP contribution >= 0.6 is 0 Å². The van der Waals surface area contributed by atoms with Crippen LogP contribution in [0.15, 0.2) is 23.2 Å². The maximum atomic E-state index is 12.1. The Balaban J connectivity index is 2.03. The van der Waals surface area contributed by atoms with Crippen molar-refractivity contribution < 1.29 is 8.42 Å². The summed E-state index contributed by atoms with van der Waals surface area (Å²) < 4.78 is 26.8. The molecule has 1 unspecified atom stereocenters. The van der Waals surface area contributed by atoms with E-state index >= 15 is 0 Å². The van der Waals surface area contributed by atoms with E-state index in [9.17, 15) is 8.42 Å². The van der Waals surface area contributed by atoms with Gasteiger partial charge in [0, 0.05) is 18.8 Å². The fraction of sp³-hybridized carbons (Fsp3) is 0.583. The van der Waals surface area contributed by atoms with Crippen molar-refractivity contribution in [3.8, 4) is 0 Å². The zero-order valence-corrected chi connectivity index (χ0v) is 11.3. The van der Waals surface area contributed by atoms with Crippen LogP contribution in [0.2, 0.25) is 0 Å². The Labute approximate surface area is 108 Å². The van der Waals surface area contributed by atoms with Gasteiger partial charge in [-0.1, -0.05) is 12.8 Å². The Morgan fingerprint density at radius 2 is 2.22 bits per heavy atom. The molecule has 18 heavy (non-hydrogen) atoms. The molecule has 0 aromatic carbocycles. The zero-order chi connectivity index (χ0) is 13.2. The summed E-state index contributed by atoms with van der Waals surface area (Å²) in [5.41, 5.74) is 6.10. The smallest absolute Gasteiger partial charge is 0.242 e. The number of pyridine rings is 1. The molecule has 1 aliphatic carbocycles. The molecule has 1 heterocycles. The molecule has 0 radical (unpaired) electrons. The van der Waals surface area contributed by atoms with Gasteiger partial charge in [-0.25, -0.2) is 13.1 Å². The van der Waals surface area contributed by atoms with Gasteiger partial charge in [0.25, 0.3) is 0 Å². The number of aromatic nitrogens is 1. The van der Waals surface area contributed by atoms with Gasteiger partial charge in [0.2, 0.25) is 10.0 Å². The van der Waals surface area contributed by atoms with Crippen molar-refractivity contribution in [2.75, 3.05) is 0 Å². The summed E-state index contributed by atoms with van der Waals surface area (Å²) in [6.07, 6.45) is 4.71. The highest BCUT2D eigenvalue weighted by Crippen LogP contribution is 2.33. The van der Waals surface area contributed by atoms with E-state index in [2.05, 4.69) is 9.71 Å². The first-order valence-corrected chi connectivity index (χ1v) is 7.67. The fourth-order valence-corrected chi connectivity index (χ4v) is 3.13. The van der Waals surface area contributed by atoms with Crippen molar-refractivity contribution in [1.29, 1.82) is 0 Å². The molecule has 3 N–H and O–H groups in total. The van der Waals surface area contributed by atoms with Crippen LogP contribution in [0.1, 0.15) is 31.9 Å². The van der Waals surface area contributed by atoms with Crippen LogP contribution in [-0.4, -0.2) is 19.4 Å². The highest BCUT2D eigenvalue weighted by molar-refractivity contribution is 7.89. The van der Waals surface area contributed by atoms with E-state index in [4.69, 9.17) is 5.73 Å². The van der Waals surface area contributed by atoms with Gasteiger partial charge in [0.15, 0.2) is 0 Å². The SMILES string of the molecule is CC(CC1CC1)NS(=O)(=O)c1ccc(CN)nc1. The predicted octanol–water partition coefficient (Wildman–Crippen LogP) is 1.01. The number of nitrogens with one attached hydrogen (secondary N) is 1. The van der Waals surface area contributed by atoms with E-state index in [1.165, 1.54) is 19.0 Å². The van der Waals surface area contributed by atoms with Gasteiger partial charge in [-0.05, 0) is 31.4 Å². The summed E-state index contributed by atoms with van der Waals surface area (Å²) >= 11 is 0. The Morgan fingerprint density at radius 1 is 1.50 bits per heavy atom. The normalized spacial score (nSPS) is 17.7. The van der Waals surface area contributed by atoms with Gasteiger partial charge in [-0.3, -0.25) is 4.98 Å². The minimum Gasteiger partial charge on any atom is -0.325 e. The van der Waals surface area contributed by atoms with Gasteiger partial charge >= 0.3 is 0 Å². The Bertz CT molecular complexity index is 495. The van der Waals surface area contributed by atoms with E-state index in [1.807, 2.05) is 6.92 Å². The summed E-state index contributed by atoms with van der Waals surface area (Å²) in [5, 5.41) is 0. The average molecular weight is 269 g/mol. The summed E-state index contributed by atoms with van der Waals surface area (Å²) in [6, 6.07) is 3.15. The number of hydrogen-bond acceptors (Lipinski definition) is 4. The molecule has 0 aliphatic heterocycles. The number of sulfonamides is 1. The fourth-order valence-electron chi connectivity index (χ4n) is 1.93. The lowest BCUT2D eigenvalue weighted by Gasteiger charge is -2.13. The van der Waals surface area contributed by atoms with Crippen molar-refractivity contribution in [1.82, 2.24) is 9.71 Å². The second-order valence-corrected chi connectivity index (χ2v) is 6.60. The second-order valence-electron chi connectivity index (χ2n) is 4.89. The Hall–Kier alpha value is -0.980. The molecule has 5 nitrogen and oxygen atoms in total. The maximum absolute atomic E-state index is 12.1. The lowest BCUT2D eigenvalue weighted by molar-refractivity contribution is 0.529. The van der Waals surface area contributed by atoms with E-state index in [1.54, 1.807) is 12.1 Å². The summed E-state index contributed by atoms with van der Waals surface area (Å²) in [5.74, 6) is 0.695. The van der Waals surface area contributed by atoms with Crippen LogP contribution in [0, 0.1) is 5.92 Å². The van der Waals surface area contributed by atoms with Crippen LogP contribution < -0.4 is 10.5 Å². The summed E-state index contributed by atoms with van der Waals surface area (Å²) in [6.45, 7) is 2.21. The van der Waals surface area contributed by atoms with Crippen LogP contribution in [0.4, 0.5) is 0 Å². The quantitative estimate of drug-likeness (QED) is 0.807. The Kier molecular flexibility index (Phi) is 3.99. The molecule has 2 rings (SSSR count). The first kappa shape index (κ1) is 13.5. The van der Waals surface area contributed by atoms with Crippen LogP contribution in [0.25, 0.3) is 0 Å². The van der Waals surface area contributed by atoms with Gasteiger partial charge in [0.05, 0.1) is 5.69 Å². The molecular formula is C12H19N3O2S. The summed E-state index contributed by atoms with van der Waals surface area (Å²) in [7, 11) is -3.46. The summed E-state index contributed by atoms with van der Waals surface area (Å²) in [4.78, 5) is 4.20. The topological polar surface area (TPSA) is 85.1 Å². The van der Waals surface area contributed by atoms with Crippen molar-refractivity contribution in [2.45, 2.75) is 43.7 Å².